The predicted octanol–water partition coefficient (Wildman–Crippen LogP) is 15.5. The number of benzene rings is 4. The molecule has 1 aliphatic heterocycles. The van der Waals surface area contributed by atoms with E-state index in [9.17, 15) is 5.11 Å². The SMILES string of the molecule is Cc1cc(Cc2cc(C)cc(C(C)(C)C)c2OP2(=O)Oc3c(cc(C(C)(C)C)cc3C(C)(C)C)C(C)c3cc(C(C)(C)C)cc(C(C)(C)C)c3O2)c(O)c(C(C)(C)C)c1. The van der Waals surface area contributed by atoms with Crippen LogP contribution in [0, 0.1) is 13.8 Å². The van der Waals surface area contributed by atoms with Crippen LogP contribution in [0.4, 0.5) is 0 Å². The molecule has 0 radical (unpaired) electrons. The second-order valence-electron chi connectivity index (χ2n) is 23.6. The largest absolute Gasteiger partial charge is 0.647 e. The first-order valence-corrected chi connectivity index (χ1v) is 23.0. The van der Waals surface area contributed by atoms with Crippen molar-refractivity contribution in [1.29, 1.82) is 0 Å². The van der Waals surface area contributed by atoms with Gasteiger partial charge in [-0.1, -0.05) is 191 Å². The number of aromatic hydroxyl groups is 1. The molecule has 0 aliphatic carbocycles. The smallest absolute Gasteiger partial charge is 0.507 e. The first kappa shape index (κ1) is 46.4. The number of hydrogen-bond acceptors (Lipinski definition) is 5. The lowest BCUT2D eigenvalue weighted by Crippen LogP contribution is -2.25. The Labute approximate surface area is 358 Å². The van der Waals surface area contributed by atoms with Crippen LogP contribution in [-0.4, -0.2) is 5.11 Å². The zero-order valence-corrected chi connectivity index (χ0v) is 41.3. The minimum atomic E-state index is -4.57. The van der Waals surface area contributed by atoms with E-state index in [0.717, 1.165) is 55.6 Å². The van der Waals surface area contributed by atoms with E-state index in [1.807, 2.05) is 6.07 Å². The van der Waals surface area contributed by atoms with Crippen molar-refractivity contribution in [1.82, 2.24) is 0 Å². The third-order valence-corrected chi connectivity index (χ3v) is 13.0. The molecular weight excluding hydrogens is 748 g/mol. The van der Waals surface area contributed by atoms with E-state index in [2.05, 4.69) is 188 Å². The van der Waals surface area contributed by atoms with Crippen LogP contribution >= 0.6 is 7.82 Å². The molecule has 0 saturated carbocycles. The Morgan fingerprint density at radius 3 is 1.27 bits per heavy atom. The van der Waals surface area contributed by atoms with Crippen LogP contribution in [0.1, 0.15) is 204 Å². The van der Waals surface area contributed by atoms with Gasteiger partial charge in [-0.15, -0.1) is 0 Å². The molecule has 5 rings (SSSR count). The Kier molecular flexibility index (Phi) is 11.8. The van der Waals surface area contributed by atoms with Crippen LogP contribution in [0.3, 0.4) is 0 Å². The van der Waals surface area contributed by atoms with Crippen LogP contribution in [0.25, 0.3) is 0 Å². The quantitative estimate of drug-likeness (QED) is 0.208. The summed E-state index contributed by atoms with van der Waals surface area (Å²) in [6.07, 6.45) is 0.352. The fourth-order valence-corrected chi connectivity index (χ4v) is 9.50. The molecular formula is C53H75O5P. The normalized spacial score (nSPS) is 17.9. The number of rotatable bonds is 4. The van der Waals surface area contributed by atoms with Crippen molar-refractivity contribution in [3.8, 4) is 23.0 Å². The third kappa shape index (κ3) is 9.77. The van der Waals surface area contributed by atoms with Crippen LogP contribution in [0.15, 0.2) is 48.5 Å². The van der Waals surface area contributed by atoms with Crippen molar-refractivity contribution >= 4 is 7.82 Å². The Morgan fingerprint density at radius 2 is 0.898 bits per heavy atom. The third-order valence-electron chi connectivity index (χ3n) is 11.8. The fraction of sp³-hybridized carbons (Fsp3) is 0.547. The second-order valence-corrected chi connectivity index (χ2v) is 25.1. The van der Waals surface area contributed by atoms with Crippen molar-refractivity contribution in [2.45, 2.75) is 190 Å². The molecule has 1 aliphatic rings. The van der Waals surface area contributed by atoms with Gasteiger partial charge in [-0.25, -0.2) is 0 Å². The average molecular weight is 823 g/mol. The summed E-state index contributed by atoms with van der Waals surface area (Å²) in [7, 11) is -4.57. The molecule has 0 spiro atoms. The number of phosphoric acid groups is 1. The lowest BCUT2D eigenvalue weighted by molar-refractivity contribution is 0.284. The van der Waals surface area contributed by atoms with Crippen molar-refractivity contribution in [3.63, 3.8) is 0 Å². The highest BCUT2D eigenvalue weighted by Gasteiger charge is 2.44. The Bertz CT molecular complexity index is 2210. The lowest BCUT2D eigenvalue weighted by atomic mass is 9.74. The molecule has 0 bridgehead atoms. The summed E-state index contributed by atoms with van der Waals surface area (Å²) in [6.45, 7) is 45.6. The van der Waals surface area contributed by atoms with Gasteiger partial charge in [0.05, 0.1) is 0 Å². The number of hydrogen-bond donors (Lipinski definition) is 1. The maximum absolute atomic E-state index is 16.3. The molecule has 4 aromatic carbocycles. The van der Waals surface area contributed by atoms with Gasteiger partial charge in [0.25, 0.3) is 0 Å². The summed E-state index contributed by atoms with van der Waals surface area (Å²) in [5.74, 6) is 1.64. The Hall–Kier alpha value is -3.69. The topological polar surface area (TPSA) is 65.0 Å². The molecule has 0 saturated heterocycles. The summed E-state index contributed by atoms with van der Waals surface area (Å²) in [4.78, 5) is 0. The minimum Gasteiger partial charge on any atom is -0.507 e. The summed E-state index contributed by atoms with van der Waals surface area (Å²) >= 11 is 0. The van der Waals surface area contributed by atoms with Crippen molar-refractivity contribution < 1.29 is 23.2 Å². The van der Waals surface area contributed by atoms with Gasteiger partial charge in [0, 0.05) is 40.2 Å². The van der Waals surface area contributed by atoms with Gasteiger partial charge in [0.1, 0.15) is 23.0 Å². The zero-order chi connectivity index (χ0) is 44.8. The summed E-state index contributed by atoms with van der Waals surface area (Å²) in [6, 6.07) is 17.2. The maximum Gasteiger partial charge on any atom is 0.647 e. The molecule has 0 fully saturated rings. The molecule has 59 heavy (non-hydrogen) atoms. The van der Waals surface area contributed by atoms with Gasteiger partial charge in [-0.3, -0.25) is 0 Å². The van der Waals surface area contributed by atoms with E-state index in [1.54, 1.807) is 0 Å². The van der Waals surface area contributed by atoms with Gasteiger partial charge < -0.3 is 18.7 Å². The van der Waals surface area contributed by atoms with E-state index < -0.39 is 13.2 Å². The van der Waals surface area contributed by atoms with Crippen LogP contribution in [0.5, 0.6) is 23.0 Å². The Balaban J connectivity index is 1.91. The monoisotopic (exact) mass is 823 g/mol. The Morgan fingerprint density at radius 1 is 0.525 bits per heavy atom. The average Bonchev–Trinajstić information content (AvgIpc) is 3.03. The molecule has 0 unspecified atom stereocenters. The minimum absolute atomic E-state index is 0.160. The first-order chi connectivity index (χ1) is 26.5. The lowest BCUT2D eigenvalue weighted by Gasteiger charge is -2.37. The summed E-state index contributed by atoms with van der Waals surface area (Å²) < 4.78 is 37.4. The molecule has 4 aromatic rings. The first-order valence-electron chi connectivity index (χ1n) is 21.5. The number of phenolic OH excluding ortho intramolecular Hbond substituents is 1. The highest BCUT2D eigenvalue weighted by Crippen LogP contribution is 2.60. The number of phosphoric ester groups is 1. The molecule has 0 aromatic heterocycles. The van der Waals surface area contributed by atoms with Crippen molar-refractivity contribution in [2.75, 3.05) is 0 Å². The van der Waals surface area contributed by atoms with Crippen molar-refractivity contribution in [3.05, 3.63) is 115 Å². The van der Waals surface area contributed by atoms with E-state index in [-0.39, 0.29) is 38.7 Å². The fourth-order valence-electron chi connectivity index (χ4n) is 8.10. The highest BCUT2D eigenvalue weighted by molar-refractivity contribution is 7.49. The summed E-state index contributed by atoms with van der Waals surface area (Å²) in [5, 5.41) is 11.8. The standard InChI is InChI=1S/C53H75O5P/c1-31-22-34(44(54)40(24-31)50(10,11)12)26-35-23-32(2)25-41(51(13,14)15)45(35)56-59(55)57-46-38(27-36(48(4,5)6)29-42(46)52(16,17)18)33(3)39-28-37(49(7,8)9)30-43(47(39)58-59)53(19,20)21/h22-25,27-30,33,54H,26H2,1-21H3. The molecule has 5 nitrogen and oxygen atoms in total. The molecule has 1 N–H and O–H groups in total. The van der Waals surface area contributed by atoms with Crippen LogP contribution < -0.4 is 13.6 Å². The molecule has 0 atom stereocenters. The highest BCUT2D eigenvalue weighted by atomic mass is 31.2. The second kappa shape index (κ2) is 15.0. The molecule has 322 valence electrons. The number of fused-ring (bicyclic) bond motifs is 2. The van der Waals surface area contributed by atoms with Gasteiger partial charge in [-0.2, -0.15) is 4.57 Å². The van der Waals surface area contributed by atoms with E-state index in [4.69, 9.17) is 13.6 Å². The van der Waals surface area contributed by atoms with Gasteiger partial charge >= 0.3 is 7.82 Å². The van der Waals surface area contributed by atoms with Gasteiger partial charge in [0.15, 0.2) is 0 Å². The summed E-state index contributed by atoms with van der Waals surface area (Å²) in [5.41, 5.74) is 9.87. The van der Waals surface area contributed by atoms with Crippen LogP contribution in [-0.2, 0) is 43.5 Å². The predicted molar refractivity (Wildman–Crippen MR) is 249 cm³/mol. The number of aryl methyl sites for hydroxylation is 2. The molecule has 6 heteroatoms. The molecule has 1 heterocycles. The van der Waals surface area contributed by atoms with E-state index in [0.29, 0.717) is 23.7 Å². The van der Waals surface area contributed by atoms with Crippen LogP contribution in [0.2, 0.25) is 0 Å². The van der Waals surface area contributed by atoms with Gasteiger partial charge in [-0.05, 0) is 74.2 Å². The molecule has 0 amide bonds. The van der Waals surface area contributed by atoms with E-state index >= 15 is 4.57 Å². The van der Waals surface area contributed by atoms with Gasteiger partial charge in [0.2, 0.25) is 0 Å². The number of phenols is 1. The maximum atomic E-state index is 16.3. The van der Waals surface area contributed by atoms with E-state index in [1.165, 1.54) is 11.1 Å². The van der Waals surface area contributed by atoms with Crippen molar-refractivity contribution in [2.24, 2.45) is 0 Å². The zero-order valence-electron chi connectivity index (χ0n) is 40.4.